The van der Waals surface area contributed by atoms with Gasteiger partial charge in [-0.25, -0.2) is 0 Å². The van der Waals surface area contributed by atoms with E-state index >= 15 is 0 Å². The lowest BCUT2D eigenvalue weighted by molar-refractivity contribution is -0.134. The molecule has 9 nitrogen and oxygen atoms in total. The van der Waals surface area contributed by atoms with Crippen LogP contribution in [-0.4, -0.2) is 63.9 Å². The zero-order valence-corrected chi connectivity index (χ0v) is 22.3. The summed E-state index contributed by atoms with van der Waals surface area (Å²) < 4.78 is 0. The summed E-state index contributed by atoms with van der Waals surface area (Å²) in [6.07, 6.45) is 4.12. The number of aromatic nitrogens is 3. The maximum atomic E-state index is 9.00. The monoisotopic (exact) mass is 533 g/mol. The molecule has 5 heterocycles. The van der Waals surface area contributed by atoms with Crippen molar-refractivity contribution in [1.29, 1.82) is 0 Å². The molecular formula is C31H31N7O2. The van der Waals surface area contributed by atoms with Crippen LogP contribution in [0.2, 0.25) is 0 Å². The van der Waals surface area contributed by atoms with E-state index in [0.29, 0.717) is 0 Å². The molecule has 2 aromatic carbocycles. The SMILES string of the molecule is CC(=O)O.c1cc2cc(-c3ccc(-c4cc5ccc(C6=NCCCN6)cc5[nH]4)nc3)[nH]c2cc1C1=NCCCN1. The Bertz CT molecular complexity index is 1620. The number of benzene rings is 2. The highest BCUT2D eigenvalue weighted by molar-refractivity contribution is 6.03. The van der Waals surface area contributed by atoms with Crippen LogP contribution in [0.3, 0.4) is 0 Å². The van der Waals surface area contributed by atoms with E-state index in [1.807, 2.05) is 6.20 Å². The minimum Gasteiger partial charge on any atom is -0.481 e. The van der Waals surface area contributed by atoms with Crippen LogP contribution in [-0.2, 0) is 4.79 Å². The molecule has 5 N–H and O–H groups in total. The van der Waals surface area contributed by atoms with E-state index in [4.69, 9.17) is 14.9 Å². The quantitative estimate of drug-likeness (QED) is 0.223. The highest BCUT2D eigenvalue weighted by Gasteiger charge is 2.12. The van der Waals surface area contributed by atoms with Gasteiger partial charge < -0.3 is 25.7 Å². The Balaban J connectivity index is 0.000000680. The summed E-state index contributed by atoms with van der Waals surface area (Å²) in [5.74, 6) is 1.13. The van der Waals surface area contributed by atoms with Crippen LogP contribution < -0.4 is 10.6 Å². The number of carboxylic acids is 1. The third-order valence-electron chi connectivity index (χ3n) is 6.94. The highest BCUT2D eigenvalue weighted by atomic mass is 16.4. The van der Waals surface area contributed by atoms with Gasteiger partial charge in [-0.15, -0.1) is 0 Å². The molecular weight excluding hydrogens is 502 g/mol. The van der Waals surface area contributed by atoms with E-state index in [1.54, 1.807) is 0 Å². The lowest BCUT2D eigenvalue weighted by Crippen LogP contribution is -2.30. The molecule has 2 aliphatic rings. The van der Waals surface area contributed by atoms with Crippen molar-refractivity contribution >= 4 is 39.4 Å². The lowest BCUT2D eigenvalue weighted by atomic mass is 10.1. The minimum absolute atomic E-state index is 0.833. The Labute approximate surface area is 231 Å². The van der Waals surface area contributed by atoms with E-state index in [2.05, 4.69) is 91.3 Å². The zero-order valence-electron chi connectivity index (χ0n) is 22.3. The predicted octanol–water partition coefficient (Wildman–Crippen LogP) is 4.95. The molecule has 0 aliphatic carbocycles. The second kappa shape index (κ2) is 11.1. The van der Waals surface area contributed by atoms with Gasteiger partial charge in [0.25, 0.3) is 5.97 Å². The smallest absolute Gasteiger partial charge is 0.300 e. The Morgan fingerprint density at radius 3 is 1.75 bits per heavy atom. The zero-order chi connectivity index (χ0) is 27.5. The molecule has 3 aromatic heterocycles. The van der Waals surface area contributed by atoms with Gasteiger partial charge in [0, 0.05) is 83.5 Å². The summed E-state index contributed by atoms with van der Waals surface area (Å²) in [5.41, 5.74) is 8.48. The van der Waals surface area contributed by atoms with Crippen molar-refractivity contribution in [2.24, 2.45) is 9.98 Å². The van der Waals surface area contributed by atoms with Crippen LogP contribution in [0.5, 0.6) is 0 Å². The number of aliphatic imine (C=N–C) groups is 2. The van der Waals surface area contributed by atoms with Crippen molar-refractivity contribution in [3.63, 3.8) is 0 Å². The Kier molecular flexibility index (Phi) is 7.01. The number of nitrogens with zero attached hydrogens (tertiary/aromatic N) is 3. The van der Waals surface area contributed by atoms with Crippen molar-refractivity contribution in [3.05, 3.63) is 78.0 Å². The first-order chi connectivity index (χ1) is 19.5. The van der Waals surface area contributed by atoms with Gasteiger partial charge >= 0.3 is 0 Å². The number of H-pyrrole nitrogens is 2. The van der Waals surface area contributed by atoms with E-state index in [9.17, 15) is 0 Å². The normalized spacial score (nSPS) is 14.9. The number of aromatic amines is 2. The summed E-state index contributed by atoms with van der Waals surface area (Å²) in [7, 11) is 0. The number of carboxylic acid groups (broad SMARTS) is 1. The maximum Gasteiger partial charge on any atom is 0.300 e. The van der Waals surface area contributed by atoms with Crippen molar-refractivity contribution in [2.75, 3.05) is 26.2 Å². The third-order valence-corrected chi connectivity index (χ3v) is 6.94. The fraction of sp³-hybridized carbons (Fsp3) is 0.226. The fourth-order valence-electron chi connectivity index (χ4n) is 5.01. The largest absolute Gasteiger partial charge is 0.481 e. The number of nitrogens with one attached hydrogen (secondary N) is 4. The maximum absolute atomic E-state index is 9.00. The summed E-state index contributed by atoms with van der Waals surface area (Å²) in [6, 6.07) is 21.4. The molecule has 0 bridgehead atoms. The number of aliphatic carboxylic acids is 1. The minimum atomic E-state index is -0.833. The number of hydrogen-bond donors (Lipinski definition) is 5. The average molecular weight is 534 g/mol. The van der Waals surface area contributed by atoms with Crippen LogP contribution in [0.4, 0.5) is 0 Å². The van der Waals surface area contributed by atoms with E-state index < -0.39 is 5.97 Å². The van der Waals surface area contributed by atoms with Gasteiger partial charge in [-0.2, -0.15) is 0 Å². The molecule has 7 rings (SSSR count). The second-order valence-corrected chi connectivity index (χ2v) is 9.94. The average Bonchev–Trinajstić information content (AvgIpc) is 3.62. The highest BCUT2D eigenvalue weighted by Crippen LogP contribution is 2.28. The number of carbonyl (C=O) groups is 1. The molecule has 0 fully saturated rings. The van der Waals surface area contributed by atoms with Crippen molar-refractivity contribution in [2.45, 2.75) is 19.8 Å². The van der Waals surface area contributed by atoms with Crippen molar-refractivity contribution in [1.82, 2.24) is 25.6 Å². The van der Waals surface area contributed by atoms with Crippen LogP contribution in [0.15, 0.2) is 76.8 Å². The van der Waals surface area contributed by atoms with Crippen molar-refractivity contribution in [3.8, 4) is 22.6 Å². The van der Waals surface area contributed by atoms with Gasteiger partial charge in [-0.1, -0.05) is 24.3 Å². The molecule has 0 atom stereocenters. The van der Waals surface area contributed by atoms with Crippen LogP contribution >= 0.6 is 0 Å². The molecule has 0 spiro atoms. The molecule has 0 saturated carbocycles. The predicted molar refractivity (Wildman–Crippen MR) is 160 cm³/mol. The fourth-order valence-corrected chi connectivity index (χ4v) is 5.01. The molecule has 2 aliphatic heterocycles. The Hall–Kier alpha value is -4.92. The molecule has 202 valence electrons. The molecule has 9 heteroatoms. The Morgan fingerprint density at radius 1 is 0.725 bits per heavy atom. The summed E-state index contributed by atoms with van der Waals surface area (Å²) >= 11 is 0. The molecule has 40 heavy (non-hydrogen) atoms. The van der Waals surface area contributed by atoms with E-state index in [1.165, 1.54) is 10.8 Å². The number of hydrogen-bond acceptors (Lipinski definition) is 6. The molecule has 5 aromatic rings. The number of pyridine rings is 1. The van der Waals surface area contributed by atoms with Crippen LogP contribution in [0.1, 0.15) is 30.9 Å². The first-order valence-electron chi connectivity index (χ1n) is 13.5. The Morgan fingerprint density at radius 2 is 1.25 bits per heavy atom. The summed E-state index contributed by atoms with van der Waals surface area (Å²) in [5, 5.41) is 16.6. The standard InChI is InChI=1S/C29H27N7.C2H4O2/c1-9-30-28(31-10-1)20-5-3-18-13-26(35-24(18)15-20)22-7-8-23(34-17-22)27-14-19-4-6-21(16-25(19)36-27)29-32-11-2-12-33-29;1-2(3)4/h3-8,13-17,35-36H,1-2,9-12H2,(H,30,31)(H,32,33);1H3,(H,3,4). The molecule has 0 amide bonds. The number of amidine groups is 2. The summed E-state index contributed by atoms with van der Waals surface area (Å²) in [6.45, 7) is 4.82. The first-order valence-corrected chi connectivity index (χ1v) is 13.5. The second-order valence-electron chi connectivity index (χ2n) is 9.94. The lowest BCUT2D eigenvalue weighted by Gasteiger charge is -2.14. The third kappa shape index (κ3) is 5.44. The van der Waals surface area contributed by atoms with Crippen molar-refractivity contribution < 1.29 is 9.90 Å². The molecule has 0 saturated heterocycles. The molecule has 0 radical (unpaired) electrons. The molecule has 0 unspecified atom stereocenters. The van der Waals surface area contributed by atoms with Crippen LogP contribution in [0.25, 0.3) is 44.5 Å². The van der Waals surface area contributed by atoms with E-state index in [0.717, 1.165) is 102 Å². The number of rotatable bonds is 4. The van der Waals surface area contributed by atoms with Gasteiger partial charge in [-0.05, 0) is 49.2 Å². The van der Waals surface area contributed by atoms with Gasteiger partial charge in [0.1, 0.15) is 11.7 Å². The van der Waals surface area contributed by atoms with Crippen LogP contribution in [0, 0.1) is 0 Å². The first kappa shape index (κ1) is 25.4. The topological polar surface area (TPSA) is 131 Å². The van der Waals surface area contributed by atoms with Gasteiger partial charge in [0.2, 0.25) is 0 Å². The van der Waals surface area contributed by atoms with Gasteiger partial charge in [-0.3, -0.25) is 19.8 Å². The van der Waals surface area contributed by atoms with E-state index in [-0.39, 0.29) is 0 Å². The van der Waals surface area contributed by atoms with Gasteiger partial charge in [0.15, 0.2) is 0 Å². The number of fused-ring (bicyclic) bond motifs is 2. The summed E-state index contributed by atoms with van der Waals surface area (Å²) in [4.78, 5) is 30.1. The van der Waals surface area contributed by atoms with Gasteiger partial charge in [0.05, 0.1) is 11.4 Å².